The summed E-state index contributed by atoms with van der Waals surface area (Å²) in [5.74, 6) is 1.81. The topological polar surface area (TPSA) is 77.0 Å². The molecule has 0 bridgehead atoms. The molecular formula is C17H16N2O4S. The van der Waals surface area contributed by atoms with Gasteiger partial charge in [0.15, 0.2) is 11.5 Å². The quantitative estimate of drug-likeness (QED) is 0.905. The van der Waals surface area contributed by atoms with Crippen LogP contribution in [0.1, 0.15) is 17.5 Å². The van der Waals surface area contributed by atoms with Gasteiger partial charge in [-0.1, -0.05) is 18.2 Å². The molecule has 0 aliphatic carbocycles. The molecule has 0 fully saturated rings. The molecule has 0 atom stereocenters. The van der Waals surface area contributed by atoms with E-state index in [1.807, 2.05) is 18.2 Å². The van der Waals surface area contributed by atoms with Crippen molar-refractivity contribution in [3.05, 3.63) is 53.6 Å². The lowest BCUT2D eigenvalue weighted by Gasteiger charge is -2.08. The number of aliphatic imine (C=N–C) groups is 1. The number of sulfonamides is 1. The molecule has 2 aromatic carbocycles. The van der Waals surface area contributed by atoms with E-state index in [9.17, 15) is 8.42 Å². The van der Waals surface area contributed by atoms with Crippen molar-refractivity contribution in [3.8, 4) is 11.5 Å². The molecule has 7 heteroatoms. The molecule has 2 heterocycles. The molecule has 0 aromatic heterocycles. The summed E-state index contributed by atoms with van der Waals surface area (Å²) in [6.45, 7) is 1.62. The second-order valence-corrected chi connectivity index (χ2v) is 7.25. The number of fused-ring (bicyclic) bond motifs is 2. The number of nitrogens with one attached hydrogen (secondary N) is 1. The summed E-state index contributed by atoms with van der Waals surface area (Å²) in [6, 6.07) is 12.5. The van der Waals surface area contributed by atoms with E-state index in [4.69, 9.17) is 9.47 Å². The zero-order chi connectivity index (χ0) is 16.6. The van der Waals surface area contributed by atoms with Crippen LogP contribution < -0.4 is 14.2 Å². The van der Waals surface area contributed by atoms with Gasteiger partial charge in [0, 0.05) is 12.0 Å². The van der Waals surface area contributed by atoms with Crippen LogP contribution in [0.5, 0.6) is 11.5 Å². The molecule has 2 aromatic rings. The number of benzene rings is 2. The summed E-state index contributed by atoms with van der Waals surface area (Å²) in [5.41, 5.74) is 1.53. The van der Waals surface area contributed by atoms with Crippen LogP contribution in [0.25, 0.3) is 0 Å². The third kappa shape index (κ3) is 2.71. The Kier molecular flexibility index (Phi) is 3.65. The highest BCUT2D eigenvalue weighted by Gasteiger charge is 2.29. The van der Waals surface area contributed by atoms with Crippen molar-refractivity contribution < 1.29 is 17.9 Å². The number of nitrogens with zero attached hydrogens (tertiary/aromatic N) is 1. The van der Waals surface area contributed by atoms with E-state index >= 15 is 0 Å². The molecule has 0 spiro atoms. The number of hydrogen-bond donors (Lipinski definition) is 1. The number of rotatable bonds is 2. The van der Waals surface area contributed by atoms with E-state index in [2.05, 4.69) is 9.71 Å². The van der Waals surface area contributed by atoms with E-state index in [1.165, 1.54) is 0 Å². The Morgan fingerprint density at radius 3 is 2.71 bits per heavy atom. The molecule has 0 radical (unpaired) electrons. The standard InChI is InChI=1S/C17H16N2O4S/c20-24(21)16-5-2-1-4-13(16)17(19-24)18-11-12-6-7-14-15(10-12)23-9-3-8-22-14/h1-2,4-7,10H,3,8-9,11H2,(H,18,19). The van der Waals surface area contributed by atoms with E-state index in [1.54, 1.807) is 24.3 Å². The van der Waals surface area contributed by atoms with Gasteiger partial charge < -0.3 is 9.47 Å². The van der Waals surface area contributed by atoms with Crippen LogP contribution in [0.2, 0.25) is 0 Å². The summed E-state index contributed by atoms with van der Waals surface area (Å²) < 4.78 is 37.9. The fourth-order valence-corrected chi connectivity index (χ4v) is 3.98. The van der Waals surface area contributed by atoms with Crippen LogP contribution >= 0.6 is 0 Å². The minimum Gasteiger partial charge on any atom is -0.490 e. The van der Waals surface area contributed by atoms with Crippen molar-refractivity contribution >= 4 is 15.9 Å². The summed E-state index contributed by atoms with van der Waals surface area (Å²) in [4.78, 5) is 4.70. The van der Waals surface area contributed by atoms with E-state index in [0.717, 1.165) is 17.7 Å². The molecule has 4 rings (SSSR count). The Morgan fingerprint density at radius 2 is 1.83 bits per heavy atom. The first-order chi connectivity index (χ1) is 11.6. The first-order valence-corrected chi connectivity index (χ1v) is 9.17. The van der Waals surface area contributed by atoms with Gasteiger partial charge >= 0.3 is 0 Å². The molecule has 2 aliphatic heterocycles. The maximum Gasteiger partial charge on any atom is 0.263 e. The molecule has 124 valence electrons. The maximum atomic E-state index is 12.1. The minimum atomic E-state index is -3.50. The molecule has 0 amide bonds. The van der Waals surface area contributed by atoms with Crippen molar-refractivity contribution in [2.24, 2.45) is 4.99 Å². The monoisotopic (exact) mass is 344 g/mol. The minimum absolute atomic E-state index is 0.266. The average molecular weight is 344 g/mol. The number of amidine groups is 1. The van der Waals surface area contributed by atoms with Gasteiger partial charge in [-0.3, -0.25) is 9.71 Å². The van der Waals surface area contributed by atoms with Gasteiger partial charge in [0.1, 0.15) is 5.84 Å². The Bertz CT molecular complexity index is 922. The SMILES string of the molecule is O=S1(=O)NC(=NCc2ccc3c(c2)OCCCO3)c2ccccc21. The van der Waals surface area contributed by atoms with Crippen LogP contribution in [0.3, 0.4) is 0 Å². The van der Waals surface area contributed by atoms with Crippen LogP contribution in [-0.2, 0) is 16.6 Å². The van der Waals surface area contributed by atoms with Gasteiger partial charge in [0.05, 0.1) is 24.7 Å². The van der Waals surface area contributed by atoms with Crippen LogP contribution in [0.4, 0.5) is 0 Å². The van der Waals surface area contributed by atoms with Crippen molar-refractivity contribution in [2.75, 3.05) is 13.2 Å². The second-order valence-electron chi connectivity index (χ2n) is 5.60. The Labute approximate surface area is 140 Å². The average Bonchev–Trinajstić information content (AvgIpc) is 2.74. The second kappa shape index (κ2) is 5.83. The summed E-state index contributed by atoms with van der Waals surface area (Å²) in [7, 11) is -3.50. The molecule has 0 unspecified atom stereocenters. The van der Waals surface area contributed by atoms with Crippen LogP contribution in [0.15, 0.2) is 52.4 Å². The highest BCUT2D eigenvalue weighted by Crippen LogP contribution is 2.31. The summed E-state index contributed by atoms with van der Waals surface area (Å²) >= 11 is 0. The van der Waals surface area contributed by atoms with Gasteiger partial charge in [0.25, 0.3) is 10.0 Å². The predicted octanol–water partition coefficient (Wildman–Crippen LogP) is 2.09. The van der Waals surface area contributed by atoms with E-state index < -0.39 is 10.0 Å². The molecule has 1 N–H and O–H groups in total. The number of hydrogen-bond acceptors (Lipinski definition) is 5. The molecule has 0 saturated carbocycles. The van der Waals surface area contributed by atoms with Gasteiger partial charge in [-0.15, -0.1) is 0 Å². The van der Waals surface area contributed by atoms with Gasteiger partial charge in [-0.25, -0.2) is 8.42 Å². The number of ether oxygens (including phenoxy) is 2. The van der Waals surface area contributed by atoms with Crippen LogP contribution in [-0.4, -0.2) is 27.5 Å². The summed E-state index contributed by atoms with van der Waals surface area (Å²) in [5, 5.41) is 0. The van der Waals surface area contributed by atoms with E-state index in [0.29, 0.717) is 36.9 Å². The fourth-order valence-electron chi connectivity index (χ4n) is 2.73. The Balaban J connectivity index is 1.61. The molecule has 0 saturated heterocycles. The van der Waals surface area contributed by atoms with Gasteiger partial charge in [-0.2, -0.15) is 0 Å². The zero-order valence-electron chi connectivity index (χ0n) is 12.9. The lowest BCUT2D eigenvalue weighted by atomic mass is 10.2. The third-order valence-electron chi connectivity index (χ3n) is 3.89. The van der Waals surface area contributed by atoms with Crippen LogP contribution in [0, 0.1) is 0 Å². The Morgan fingerprint density at radius 1 is 1.04 bits per heavy atom. The first kappa shape index (κ1) is 15.0. The highest BCUT2D eigenvalue weighted by atomic mass is 32.2. The molecule has 6 nitrogen and oxygen atoms in total. The zero-order valence-corrected chi connectivity index (χ0v) is 13.7. The Hall–Kier alpha value is -2.54. The van der Waals surface area contributed by atoms with Crippen molar-refractivity contribution in [1.29, 1.82) is 0 Å². The molecule has 2 aliphatic rings. The fraction of sp³-hybridized carbons (Fsp3) is 0.235. The predicted molar refractivity (Wildman–Crippen MR) is 89.1 cm³/mol. The van der Waals surface area contributed by atoms with Crippen molar-refractivity contribution in [3.63, 3.8) is 0 Å². The van der Waals surface area contributed by atoms with Crippen molar-refractivity contribution in [2.45, 2.75) is 17.9 Å². The lowest BCUT2D eigenvalue weighted by Crippen LogP contribution is -2.22. The maximum absolute atomic E-state index is 12.1. The van der Waals surface area contributed by atoms with Gasteiger partial charge in [0.2, 0.25) is 0 Å². The smallest absolute Gasteiger partial charge is 0.263 e. The largest absolute Gasteiger partial charge is 0.490 e. The summed E-state index contributed by atoms with van der Waals surface area (Å²) in [6.07, 6.45) is 0.852. The molecular weight excluding hydrogens is 328 g/mol. The first-order valence-electron chi connectivity index (χ1n) is 7.69. The van der Waals surface area contributed by atoms with Crippen molar-refractivity contribution in [1.82, 2.24) is 4.72 Å². The third-order valence-corrected chi connectivity index (χ3v) is 5.29. The molecule has 24 heavy (non-hydrogen) atoms. The normalized spacial score (nSPS) is 19.4. The highest BCUT2D eigenvalue weighted by molar-refractivity contribution is 7.90. The lowest BCUT2D eigenvalue weighted by molar-refractivity contribution is 0.297. The van der Waals surface area contributed by atoms with E-state index in [-0.39, 0.29) is 4.90 Å². The van der Waals surface area contributed by atoms with Gasteiger partial charge in [-0.05, 0) is 29.8 Å².